The zero-order chi connectivity index (χ0) is 32.3. The molecule has 5 heterocycles. The summed E-state index contributed by atoms with van der Waals surface area (Å²) in [6.45, 7) is 4.92. The van der Waals surface area contributed by atoms with Crippen LogP contribution >= 0.6 is 15.9 Å². The minimum atomic E-state index is -0.530. The van der Waals surface area contributed by atoms with Gasteiger partial charge in [-0.25, -0.2) is 14.8 Å². The maximum Gasteiger partial charge on any atom is 0.332 e. The van der Waals surface area contributed by atoms with Gasteiger partial charge in [0, 0.05) is 37.8 Å². The zero-order valence-corrected chi connectivity index (χ0v) is 27.2. The van der Waals surface area contributed by atoms with Crippen LogP contribution in [0, 0.1) is 6.92 Å². The van der Waals surface area contributed by atoms with Crippen LogP contribution in [-0.2, 0) is 20.1 Å². The molecule has 3 aromatic heterocycles. The minimum absolute atomic E-state index is 0.105. The van der Waals surface area contributed by atoms with Gasteiger partial charge in [0.1, 0.15) is 5.82 Å². The number of anilines is 1. The van der Waals surface area contributed by atoms with E-state index in [9.17, 15) is 19.2 Å². The number of nitrogens with zero attached hydrogens (tertiary/aromatic N) is 8. The Morgan fingerprint density at radius 3 is 2.37 bits per heavy atom. The van der Waals surface area contributed by atoms with Crippen molar-refractivity contribution in [1.29, 1.82) is 0 Å². The molecule has 0 saturated carbocycles. The number of aromatic nitrogens is 6. The van der Waals surface area contributed by atoms with Crippen molar-refractivity contribution in [1.82, 2.24) is 33.6 Å². The second kappa shape index (κ2) is 11.5. The standard InChI is InChI=1S/C33H31BrN8O4/c1-19(34)14-16-40-27-28(38(3)33(46)41(31(27)45)18-26-35-20(2)22-10-6-7-13-25(22)36-26)37-32(40)39-15-8-9-21(17-39)42-29(43)23-11-4-5-12-24(23)30(42)44/h4-7,10-14,21H,8-9,15-18H2,1-3H3/b19-14-/t21-/m1/s1. The van der Waals surface area contributed by atoms with E-state index in [0.717, 1.165) is 25.6 Å². The Labute approximate surface area is 271 Å². The van der Waals surface area contributed by atoms with Gasteiger partial charge in [0.2, 0.25) is 5.95 Å². The van der Waals surface area contributed by atoms with E-state index in [0.29, 0.717) is 55.4 Å². The summed E-state index contributed by atoms with van der Waals surface area (Å²) in [4.78, 5) is 71.9. The summed E-state index contributed by atoms with van der Waals surface area (Å²) in [5, 5.41) is 0.905. The third kappa shape index (κ3) is 4.85. The van der Waals surface area contributed by atoms with Crippen molar-refractivity contribution < 1.29 is 9.59 Å². The molecule has 0 bridgehead atoms. The zero-order valence-electron chi connectivity index (χ0n) is 25.6. The van der Waals surface area contributed by atoms with Crippen molar-refractivity contribution in [2.45, 2.75) is 45.8 Å². The Bertz CT molecular complexity index is 2190. The smallest absolute Gasteiger partial charge is 0.332 e. The lowest BCUT2D eigenvalue weighted by Gasteiger charge is -2.37. The normalized spacial score (nSPS) is 17.0. The quantitative estimate of drug-likeness (QED) is 0.248. The van der Waals surface area contributed by atoms with Crippen LogP contribution in [0.1, 0.15) is 52.0 Å². The van der Waals surface area contributed by atoms with Crippen molar-refractivity contribution in [3.05, 3.63) is 103 Å². The molecule has 1 atom stereocenters. The van der Waals surface area contributed by atoms with E-state index in [1.807, 2.05) is 49.1 Å². The molecule has 1 fully saturated rings. The number of imide groups is 1. The molecule has 0 N–H and O–H groups in total. The molecule has 2 aromatic carbocycles. The van der Waals surface area contributed by atoms with Gasteiger partial charge in [-0.1, -0.05) is 52.3 Å². The van der Waals surface area contributed by atoms with Crippen LogP contribution in [0.2, 0.25) is 0 Å². The summed E-state index contributed by atoms with van der Waals surface area (Å²) in [6, 6.07) is 14.1. The summed E-state index contributed by atoms with van der Waals surface area (Å²) in [5.74, 6) is 0.256. The lowest BCUT2D eigenvalue weighted by Crippen LogP contribution is -2.50. The van der Waals surface area contributed by atoms with E-state index in [2.05, 4.69) is 25.9 Å². The predicted octanol–water partition coefficient (Wildman–Crippen LogP) is 3.76. The van der Waals surface area contributed by atoms with Crippen molar-refractivity contribution in [2.24, 2.45) is 7.05 Å². The van der Waals surface area contributed by atoms with Crippen molar-refractivity contribution >= 4 is 55.8 Å². The molecule has 13 heteroatoms. The Hall–Kier alpha value is -4.91. The fourth-order valence-electron chi connectivity index (χ4n) is 6.52. The summed E-state index contributed by atoms with van der Waals surface area (Å²) in [7, 11) is 1.59. The lowest BCUT2D eigenvalue weighted by atomic mass is 10.0. The van der Waals surface area contributed by atoms with E-state index >= 15 is 0 Å². The molecule has 0 radical (unpaired) electrons. The molecule has 0 aliphatic carbocycles. The van der Waals surface area contributed by atoms with Gasteiger partial charge in [-0.05, 0) is 49.4 Å². The second-order valence-electron chi connectivity index (χ2n) is 11.7. The van der Waals surface area contributed by atoms with Crippen LogP contribution in [0.25, 0.3) is 22.1 Å². The highest BCUT2D eigenvalue weighted by atomic mass is 79.9. The maximum absolute atomic E-state index is 14.2. The van der Waals surface area contributed by atoms with Crippen LogP contribution in [0.15, 0.2) is 68.7 Å². The molecule has 5 aromatic rings. The number of hydrogen-bond donors (Lipinski definition) is 0. The molecule has 2 amide bonds. The van der Waals surface area contributed by atoms with Gasteiger partial charge in [0.05, 0.1) is 29.2 Å². The molecule has 2 aliphatic rings. The number of hydrogen-bond acceptors (Lipinski definition) is 8. The molecular formula is C33H31BrN8O4. The Balaban J connectivity index is 1.31. The Morgan fingerprint density at radius 1 is 0.957 bits per heavy atom. The number of para-hydroxylation sites is 1. The first-order valence-electron chi connectivity index (χ1n) is 15.1. The third-order valence-electron chi connectivity index (χ3n) is 8.78. The van der Waals surface area contributed by atoms with Crippen LogP contribution in [-0.4, -0.2) is 64.5 Å². The number of aryl methyl sites for hydroxylation is 2. The monoisotopic (exact) mass is 682 g/mol. The second-order valence-corrected chi connectivity index (χ2v) is 13.0. The van der Waals surface area contributed by atoms with Gasteiger partial charge < -0.3 is 9.47 Å². The van der Waals surface area contributed by atoms with Gasteiger partial charge in [0.25, 0.3) is 17.4 Å². The molecule has 234 valence electrons. The SMILES string of the molecule is C/C(Br)=C/Cn1c(N2CCC[C@@H](N3C(=O)c4ccccc4C3=O)C2)nc2c1c(=O)n(Cc1nc(C)c3ccccc3n1)c(=O)n2C. The minimum Gasteiger partial charge on any atom is -0.340 e. The van der Waals surface area contributed by atoms with Crippen molar-refractivity contribution in [3.63, 3.8) is 0 Å². The number of amides is 2. The number of carbonyl (C=O) groups excluding carboxylic acids is 2. The first-order chi connectivity index (χ1) is 22.1. The predicted molar refractivity (Wildman–Crippen MR) is 177 cm³/mol. The highest BCUT2D eigenvalue weighted by Gasteiger charge is 2.41. The van der Waals surface area contributed by atoms with Crippen molar-refractivity contribution in [2.75, 3.05) is 18.0 Å². The number of benzene rings is 2. The summed E-state index contributed by atoms with van der Waals surface area (Å²) < 4.78 is 5.19. The number of fused-ring (bicyclic) bond motifs is 3. The fourth-order valence-corrected chi connectivity index (χ4v) is 6.67. The summed E-state index contributed by atoms with van der Waals surface area (Å²) in [6.07, 6.45) is 3.27. The highest BCUT2D eigenvalue weighted by molar-refractivity contribution is 9.11. The number of rotatable bonds is 6. The van der Waals surface area contributed by atoms with Crippen LogP contribution in [0.3, 0.4) is 0 Å². The number of piperidine rings is 1. The maximum atomic E-state index is 14.2. The Kier molecular flexibility index (Phi) is 7.42. The molecule has 46 heavy (non-hydrogen) atoms. The molecular weight excluding hydrogens is 652 g/mol. The van der Waals surface area contributed by atoms with Gasteiger partial charge in [-0.2, -0.15) is 4.98 Å². The van der Waals surface area contributed by atoms with E-state index in [4.69, 9.17) is 4.98 Å². The van der Waals surface area contributed by atoms with E-state index in [1.165, 1.54) is 9.47 Å². The average Bonchev–Trinajstić information content (AvgIpc) is 3.56. The van der Waals surface area contributed by atoms with Gasteiger partial charge in [-0.3, -0.25) is 28.4 Å². The molecule has 12 nitrogen and oxygen atoms in total. The molecule has 7 rings (SSSR count). The molecule has 2 aliphatic heterocycles. The summed E-state index contributed by atoms with van der Waals surface area (Å²) in [5.41, 5.74) is 1.81. The molecule has 0 unspecified atom stereocenters. The highest BCUT2D eigenvalue weighted by Crippen LogP contribution is 2.30. The fraction of sp³-hybridized carbons (Fsp3) is 0.303. The number of carbonyl (C=O) groups is 2. The Morgan fingerprint density at radius 2 is 1.65 bits per heavy atom. The van der Waals surface area contributed by atoms with Crippen LogP contribution in [0.5, 0.6) is 0 Å². The van der Waals surface area contributed by atoms with Gasteiger partial charge in [-0.15, -0.1) is 0 Å². The largest absolute Gasteiger partial charge is 0.340 e. The first kappa shape index (κ1) is 29.8. The average molecular weight is 684 g/mol. The number of allylic oxidation sites excluding steroid dienone is 2. The van der Waals surface area contributed by atoms with Gasteiger partial charge >= 0.3 is 5.69 Å². The number of imidazole rings is 1. The van der Waals surface area contributed by atoms with E-state index in [-0.39, 0.29) is 35.6 Å². The molecule has 0 spiro atoms. The van der Waals surface area contributed by atoms with Crippen molar-refractivity contribution in [3.8, 4) is 0 Å². The number of halogens is 1. The van der Waals surface area contributed by atoms with E-state index < -0.39 is 11.2 Å². The van der Waals surface area contributed by atoms with Crippen LogP contribution in [0.4, 0.5) is 5.95 Å². The lowest BCUT2D eigenvalue weighted by molar-refractivity contribution is 0.0569. The summed E-state index contributed by atoms with van der Waals surface area (Å²) >= 11 is 3.49. The third-order valence-corrected chi connectivity index (χ3v) is 9.10. The van der Waals surface area contributed by atoms with Gasteiger partial charge in [0.15, 0.2) is 11.2 Å². The van der Waals surface area contributed by atoms with Crippen LogP contribution < -0.4 is 16.1 Å². The first-order valence-corrected chi connectivity index (χ1v) is 15.9. The molecule has 1 saturated heterocycles. The van der Waals surface area contributed by atoms with E-state index in [1.54, 1.807) is 35.9 Å². The topological polar surface area (TPSA) is 128 Å².